The Bertz CT molecular complexity index is 704. The zero-order valence-electron chi connectivity index (χ0n) is 14.2. The summed E-state index contributed by atoms with van der Waals surface area (Å²) in [4.78, 5) is 12.7. The minimum absolute atomic E-state index is 0.108. The Hall–Kier alpha value is -1.48. The molecule has 134 valence electrons. The number of aliphatic carboxylic acids is 1. The summed E-state index contributed by atoms with van der Waals surface area (Å²) in [5.74, 6) is -0.923. The van der Waals surface area contributed by atoms with Gasteiger partial charge in [0, 0.05) is 19.6 Å². The van der Waals surface area contributed by atoms with E-state index in [1.54, 1.807) is 31.0 Å². The average molecular weight is 356 g/mol. The Morgan fingerprint density at radius 3 is 2.79 bits per heavy atom. The molecular weight excluding hydrogens is 332 g/mol. The van der Waals surface area contributed by atoms with E-state index in [0.29, 0.717) is 30.2 Å². The molecule has 1 aromatic carbocycles. The van der Waals surface area contributed by atoms with Gasteiger partial charge < -0.3 is 9.84 Å². The Kier molecular flexibility index (Phi) is 5.97. The zero-order chi connectivity index (χ0) is 17.9. The number of morpholine rings is 1. The first kappa shape index (κ1) is 18.9. The maximum atomic E-state index is 12.9. The number of benzene rings is 1. The Morgan fingerprint density at radius 2 is 2.12 bits per heavy atom. The number of hydrogen-bond acceptors (Lipinski definition) is 5. The molecule has 1 aliphatic rings. The monoisotopic (exact) mass is 356 g/mol. The molecule has 7 nitrogen and oxygen atoms in total. The predicted octanol–water partition coefficient (Wildman–Crippen LogP) is 0.709. The lowest BCUT2D eigenvalue weighted by Crippen LogP contribution is -2.49. The molecule has 0 aromatic heterocycles. The number of rotatable bonds is 6. The zero-order valence-corrected chi connectivity index (χ0v) is 15.0. The van der Waals surface area contributed by atoms with Gasteiger partial charge in [-0.25, -0.2) is 8.42 Å². The Balaban J connectivity index is 2.13. The van der Waals surface area contributed by atoms with Gasteiger partial charge in [-0.3, -0.25) is 9.69 Å². The van der Waals surface area contributed by atoms with Gasteiger partial charge in [-0.15, -0.1) is 0 Å². The third-order valence-corrected chi connectivity index (χ3v) is 5.99. The number of aryl methyl sites for hydroxylation is 2. The molecule has 8 heteroatoms. The second kappa shape index (κ2) is 7.60. The molecule has 24 heavy (non-hydrogen) atoms. The van der Waals surface area contributed by atoms with Crippen LogP contribution in [-0.4, -0.2) is 74.6 Å². The topological polar surface area (TPSA) is 87.2 Å². The van der Waals surface area contributed by atoms with E-state index in [4.69, 9.17) is 9.84 Å². The molecular formula is C16H24N2O5S. The molecule has 0 radical (unpaired) electrons. The van der Waals surface area contributed by atoms with E-state index in [-0.39, 0.29) is 19.2 Å². The lowest BCUT2D eigenvalue weighted by atomic mass is 10.2. The Labute approximate surface area is 142 Å². The summed E-state index contributed by atoms with van der Waals surface area (Å²) in [5.41, 5.74) is 1.61. The van der Waals surface area contributed by atoms with Crippen molar-refractivity contribution in [1.82, 2.24) is 9.21 Å². The molecule has 0 bridgehead atoms. The summed E-state index contributed by atoms with van der Waals surface area (Å²) in [7, 11) is -1.91. The molecule has 1 aromatic rings. The molecule has 2 rings (SSSR count). The van der Waals surface area contributed by atoms with E-state index >= 15 is 0 Å². The highest BCUT2D eigenvalue weighted by atomic mass is 32.2. The maximum Gasteiger partial charge on any atom is 0.317 e. The van der Waals surface area contributed by atoms with Gasteiger partial charge in [0.2, 0.25) is 10.0 Å². The molecule has 1 atom stereocenters. The predicted molar refractivity (Wildman–Crippen MR) is 89.5 cm³/mol. The van der Waals surface area contributed by atoms with Gasteiger partial charge in [0.1, 0.15) is 0 Å². The smallest absolute Gasteiger partial charge is 0.317 e. The van der Waals surface area contributed by atoms with Crippen LogP contribution in [0.1, 0.15) is 11.1 Å². The molecule has 1 fully saturated rings. The summed E-state index contributed by atoms with van der Waals surface area (Å²) in [5, 5.41) is 8.81. The van der Waals surface area contributed by atoms with Crippen molar-refractivity contribution in [1.29, 1.82) is 0 Å². The number of hydrogen-bond donors (Lipinski definition) is 1. The lowest BCUT2D eigenvalue weighted by Gasteiger charge is -2.34. The summed E-state index contributed by atoms with van der Waals surface area (Å²) < 4.78 is 32.9. The number of carboxylic acids is 1. The van der Waals surface area contributed by atoms with E-state index in [9.17, 15) is 13.2 Å². The second-order valence-electron chi connectivity index (χ2n) is 6.22. The molecule has 0 aliphatic carbocycles. The summed E-state index contributed by atoms with van der Waals surface area (Å²) in [6.45, 7) is 4.73. The van der Waals surface area contributed by atoms with E-state index in [1.165, 1.54) is 4.31 Å². The molecule has 0 spiro atoms. The van der Waals surface area contributed by atoms with E-state index in [1.807, 2.05) is 13.0 Å². The molecule has 1 aliphatic heterocycles. The number of ether oxygens (including phenoxy) is 1. The van der Waals surface area contributed by atoms with Crippen LogP contribution in [0.3, 0.4) is 0 Å². The van der Waals surface area contributed by atoms with E-state index in [2.05, 4.69) is 0 Å². The number of carbonyl (C=O) groups is 1. The van der Waals surface area contributed by atoms with Gasteiger partial charge in [0.15, 0.2) is 0 Å². The molecule has 1 N–H and O–H groups in total. The minimum atomic E-state index is -3.59. The van der Waals surface area contributed by atoms with Gasteiger partial charge in [0.05, 0.1) is 24.2 Å². The average Bonchev–Trinajstić information content (AvgIpc) is 2.49. The van der Waals surface area contributed by atoms with Crippen molar-refractivity contribution in [2.24, 2.45) is 0 Å². The normalized spacial score (nSPS) is 19.6. The van der Waals surface area contributed by atoms with Crippen molar-refractivity contribution >= 4 is 16.0 Å². The van der Waals surface area contributed by atoms with Crippen molar-refractivity contribution in [3.05, 3.63) is 29.3 Å². The van der Waals surface area contributed by atoms with Crippen LogP contribution < -0.4 is 0 Å². The van der Waals surface area contributed by atoms with Crippen LogP contribution in [0.15, 0.2) is 23.1 Å². The second-order valence-corrected chi connectivity index (χ2v) is 8.12. The third-order valence-electron chi connectivity index (χ3n) is 3.98. The fourth-order valence-electron chi connectivity index (χ4n) is 2.79. The molecule has 1 saturated heterocycles. The number of likely N-dealkylation sites (N-methyl/N-ethyl adjacent to an activating group) is 1. The highest BCUT2D eigenvalue weighted by Crippen LogP contribution is 2.23. The molecule has 1 heterocycles. The van der Waals surface area contributed by atoms with E-state index in [0.717, 1.165) is 5.56 Å². The lowest BCUT2D eigenvalue weighted by molar-refractivity contribution is -0.138. The van der Waals surface area contributed by atoms with Crippen LogP contribution in [0.5, 0.6) is 0 Å². The van der Waals surface area contributed by atoms with Crippen LogP contribution in [-0.2, 0) is 19.6 Å². The molecule has 0 amide bonds. The van der Waals surface area contributed by atoms with Crippen molar-refractivity contribution in [2.45, 2.75) is 24.8 Å². The van der Waals surface area contributed by atoms with Crippen molar-refractivity contribution < 1.29 is 23.1 Å². The number of sulfonamides is 1. The molecule has 0 saturated carbocycles. The van der Waals surface area contributed by atoms with E-state index < -0.39 is 16.0 Å². The van der Waals surface area contributed by atoms with Crippen molar-refractivity contribution in [3.63, 3.8) is 0 Å². The molecule has 1 unspecified atom stereocenters. The van der Waals surface area contributed by atoms with Gasteiger partial charge in [-0.1, -0.05) is 12.1 Å². The first-order valence-electron chi connectivity index (χ1n) is 7.79. The Morgan fingerprint density at radius 1 is 1.42 bits per heavy atom. The third kappa shape index (κ3) is 4.54. The largest absolute Gasteiger partial charge is 0.480 e. The van der Waals surface area contributed by atoms with Crippen molar-refractivity contribution in [3.8, 4) is 0 Å². The SMILES string of the molecule is Cc1ccc(C)c(S(=O)(=O)N2CCOC(CN(C)CC(=O)O)C2)c1. The van der Waals surface area contributed by atoms with Gasteiger partial charge in [-0.2, -0.15) is 4.31 Å². The van der Waals surface area contributed by atoms with Crippen LogP contribution in [0.4, 0.5) is 0 Å². The highest BCUT2D eigenvalue weighted by molar-refractivity contribution is 7.89. The fourth-order valence-corrected chi connectivity index (χ4v) is 4.55. The van der Waals surface area contributed by atoms with Crippen LogP contribution in [0.25, 0.3) is 0 Å². The van der Waals surface area contributed by atoms with Gasteiger partial charge >= 0.3 is 5.97 Å². The summed E-state index contributed by atoms with van der Waals surface area (Å²) >= 11 is 0. The minimum Gasteiger partial charge on any atom is -0.480 e. The summed E-state index contributed by atoms with van der Waals surface area (Å²) in [6.07, 6.45) is -0.344. The van der Waals surface area contributed by atoms with Crippen LogP contribution in [0.2, 0.25) is 0 Å². The number of nitrogens with zero attached hydrogens (tertiary/aromatic N) is 2. The summed E-state index contributed by atoms with van der Waals surface area (Å²) in [6, 6.07) is 5.38. The number of carboxylic acid groups (broad SMARTS) is 1. The quantitative estimate of drug-likeness (QED) is 0.808. The standard InChI is InChI=1S/C16H24N2O5S/c1-12-4-5-13(2)15(8-12)24(21,22)18-6-7-23-14(10-18)9-17(3)11-16(19)20/h4-5,8,14H,6-7,9-11H2,1-3H3,(H,19,20). The van der Waals surface area contributed by atoms with Crippen molar-refractivity contribution in [2.75, 3.05) is 39.8 Å². The fraction of sp³-hybridized carbons (Fsp3) is 0.562. The van der Waals surface area contributed by atoms with Crippen LogP contribution in [0, 0.1) is 13.8 Å². The maximum absolute atomic E-state index is 12.9. The van der Waals surface area contributed by atoms with Gasteiger partial charge in [-0.05, 0) is 38.1 Å². The highest BCUT2D eigenvalue weighted by Gasteiger charge is 2.32. The first-order valence-corrected chi connectivity index (χ1v) is 9.23. The van der Waals surface area contributed by atoms with Crippen LogP contribution >= 0.6 is 0 Å². The van der Waals surface area contributed by atoms with Gasteiger partial charge in [0.25, 0.3) is 0 Å². The first-order chi connectivity index (χ1) is 11.2.